The molecule has 8 nitrogen and oxygen atoms in total. The summed E-state index contributed by atoms with van der Waals surface area (Å²) in [6, 6.07) is 20.7. The highest BCUT2D eigenvalue weighted by Crippen LogP contribution is 2.22. The Morgan fingerprint density at radius 1 is 0.789 bits per heavy atom. The predicted octanol–water partition coefficient (Wildman–Crippen LogP) is 4.97. The van der Waals surface area contributed by atoms with Crippen LogP contribution in [0, 0.1) is 0 Å². The molecule has 0 fully saturated rings. The summed E-state index contributed by atoms with van der Waals surface area (Å²) < 4.78 is 5.60. The summed E-state index contributed by atoms with van der Waals surface area (Å²) in [6.45, 7) is 8.80. The van der Waals surface area contributed by atoms with Crippen molar-refractivity contribution in [2.75, 3.05) is 11.9 Å². The Hall–Kier alpha value is -4.24. The highest BCUT2D eigenvalue weighted by Gasteiger charge is 2.16. The summed E-state index contributed by atoms with van der Waals surface area (Å²) in [5.74, 6) is -0.722. The summed E-state index contributed by atoms with van der Waals surface area (Å²) in [7, 11) is 0. The van der Waals surface area contributed by atoms with Gasteiger partial charge in [0.15, 0.2) is 5.11 Å². The molecule has 0 unspecified atom stereocenters. The van der Waals surface area contributed by atoms with Crippen LogP contribution in [0.2, 0.25) is 0 Å². The van der Waals surface area contributed by atoms with Gasteiger partial charge < -0.3 is 10.1 Å². The normalized spacial score (nSPS) is 10.7. The lowest BCUT2D eigenvalue weighted by Gasteiger charge is -2.19. The highest BCUT2D eigenvalue weighted by atomic mass is 32.1. The molecule has 3 aromatic rings. The smallest absolute Gasteiger partial charge is 0.269 e. The molecule has 0 atom stereocenters. The third-order valence-corrected chi connectivity index (χ3v) is 5.73. The van der Waals surface area contributed by atoms with Crippen LogP contribution in [0.25, 0.3) is 0 Å². The van der Waals surface area contributed by atoms with E-state index in [0.717, 1.165) is 12.0 Å². The van der Waals surface area contributed by atoms with Crippen LogP contribution in [0.3, 0.4) is 0 Å². The van der Waals surface area contributed by atoms with Crippen molar-refractivity contribution < 1.29 is 19.1 Å². The zero-order valence-corrected chi connectivity index (χ0v) is 22.7. The lowest BCUT2D eigenvalue weighted by Crippen LogP contribution is -2.48. The molecule has 3 aromatic carbocycles. The van der Waals surface area contributed by atoms with Crippen molar-refractivity contribution in [1.82, 2.24) is 16.2 Å². The second kappa shape index (κ2) is 12.8. The maximum absolute atomic E-state index is 12.6. The zero-order valence-electron chi connectivity index (χ0n) is 21.9. The number of ether oxygens (including phenoxy) is 1. The van der Waals surface area contributed by atoms with Gasteiger partial charge in [-0.25, -0.2) is 0 Å². The second-order valence-corrected chi connectivity index (χ2v) is 9.97. The van der Waals surface area contributed by atoms with Crippen LogP contribution in [-0.4, -0.2) is 29.4 Å². The third kappa shape index (κ3) is 7.88. The Kier molecular flexibility index (Phi) is 9.56. The molecule has 0 aliphatic carbocycles. The van der Waals surface area contributed by atoms with Crippen LogP contribution in [0.5, 0.6) is 5.75 Å². The first-order chi connectivity index (χ1) is 18.1. The third-order valence-electron chi connectivity index (χ3n) is 5.53. The number of amides is 3. The van der Waals surface area contributed by atoms with Gasteiger partial charge in [-0.1, -0.05) is 52.0 Å². The lowest BCUT2D eigenvalue weighted by molar-refractivity contribution is 0.0933. The molecule has 198 valence electrons. The summed E-state index contributed by atoms with van der Waals surface area (Å²) in [4.78, 5) is 37.6. The molecule has 3 amide bonds. The number of thiocarbonyl (C=S) groups is 1. The fourth-order valence-electron chi connectivity index (χ4n) is 3.41. The van der Waals surface area contributed by atoms with Gasteiger partial charge >= 0.3 is 0 Å². The van der Waals surface area contributed by atoms with Crippen LogP contribution in [0.1, 0.15) is 70.8 Å². The number of hydrogen-bond acceptors (Lipinski definition) is 5. The molecule has 3 rings (SSSR count). The van der Waals surface area contributed by atoms with Gasteiger partial charge in [-0.05, 0) is 78.1 Å². The van der Waals surface area contributed by atoms with Crippen LogP contribution in [0.15, 0.2) is 72.8 Å². The van der Waals surface area contributed by atoms with Crippen molar-refractivity contribution >= 4 is 40.7 Å². The SMILES string of the molecule is CCCOc1ccccc1C(=O)NC(=S)NNC(=O)c1ccc(NC(=O)c2ccc(C(C)(C)C)cc2)cc1. The number of hydrogen-bond donors (Lipinski definition) is 4. The number of hydrazine groups is 1. The molecule has 0 spiro atoms. The quantitative estimate of drug-likeness (QED) is 0.253. The highest BCUT2D eigenvalue weighted by molar-refractivity contribution is 7.80. The molecule has 38 heavy (non-hydrogen) atoms. The number of rotatable bonds is 7. The van der Waals surface area contributed by atoms with Crippen LogP contribution < -0.4 is 26.2 Å². The fourth-order valence-corrected chi connectivity index (χ4v) is 3.55. The molecule has 9 heteroatoms. The Labute approximate surface area is 228 Å². The average molecular weight is 533 g/mol. The molecule has 0 saturated carbocycles. The molecule has 0 aliphatic heterocycles. The van der Waals surface area contributed by atoms with E-state index >= 15 is 0 Å². The summed E-state index contributed by atoms with van der Waals surface area (Å²) >= 11 is 5.13. The minimum atomic E-state index is -0.469. The molecule has 4 N–H and O–H groups in total. The van der Waals surface area contributed by atoms with E-state index in [2.05, 4.69) is 42.3 Å². The summed E-state index contributed by atoms with van der Waals surface area (Å²) in [5, 5.41) is 5.27. The van der Waals surface area contributed by atoms with Crippen molar-refractivity contribution in [3.05, 3.63) is 95.1 Å². The van der Waals surface area contributed by atoms with Gasteiger partial charge in [-0.3, -0.25) is 30.6 Å². The Bertz CT molecular complexity index is 1300. The van der Waals surface area contributed by atoms with Gasteiger partial charge in [-0.15, -0.1) is 0 Å². The van der Waals surface area contributed by atoms with E-state index in [4.69, 9.17) is 17.0 Å². The first-order valence-corrected chi connectivity index (χ1v) is 12.6. The van der Waals surface area contributed by atoms with Crippen LogP contribution in [0.4, 0.5) is 5.69 Å². The fraction of sp³-hybridized carbons (Fsp3) is 0.241. The zero-order chi connectivity index (χ0) is 27.7. The van der Waals surface area contributed by atoms with E-state index < -0.39 is 11.8 Å². The van der Waals surface area contributed by atoms with E-state index in [9.17, 15) is 14.4 Å². The first kappa shape index (κ1) is 28.3. The molecule has 0 saturated heterocycles. The number of anilines is 1. The van der Waals surface area contributed by atoms with Gasteiger partial charge in [0.2, 0.25) is 0 Å². The molecular formula is C29H32N4O4S. The van der Waals surface area contributed by atoms with Gasteiger partial charge in [0.25, 0.3) is 17.7 Å². The maximum atomic E-state index is 12.6. The van der Waals surface area contributed by atoms with Gasteiger partial charge in [0, 0.05) is 16.8 Å². The summed E-state index contributed by atoms with van der Waals surface area (Å²) in [6.07, 6.45) is 0.806. The van der Waals surface area contributed by atoms with Crippen LogP contribution in [-0.2, 0) is 5.41 Å². The average Bonchev–Trinajstić information content (AvgIpc) is 2.90. The minimum absolute atomic E-state index is 0.00420. The van der Waals surface area contributed by atoms with Gasteiger partial charge in [0.1, 0.15) is 5.75 Å². The summed E-state index contributed by atoms with van der Waals surface area (Å²) in [5.41, 5.74) is 7.86. The Morgan fingerprint density at radius 2 is 1.39 bits per heavy atom. The lowest BCUT2D eigenvalue weighted by atomic mass is 9.87. The largest absolute Gasteiger partial charge is 0.493 e. The Balaban J connectivity index is 1.51. The predicted molar refractivity (Wildman–Crippen MR) is 152 cm³/mol. The standard InChI is InChI=1S/C29H32N4O4S/c1-5-18-37-24-9-7-6-8-23(24)27(36)31-28(38)33-32-26(35)20-12-16-22(17-13-20)30-25(34)19-10-14-21(15-11-19)29(2,3)4/h6-17H,5,18H2,1-4H3,(H,30,34)(H,32,35)(H2,31,33,36,38). The van der Waals surface area contributed by atoms with E-state index in [1.807, 2.05) is 19.1 Å². The van der Waals surface area contributed by atoms with Gasteiger partial charge in [0.05, 0.1) is 12.2 Å². The number of para-hydroxylation sites is 1. The van der Waals surface area contributed by atoms with E-state index in [1.165, 1.54) is 0 Å². The molecule has 0 aliphatic rings. The number of carbonyl (C=O) groups excluding carboxylic acids is 3. The van der Waals surface area contributed by atoms with Crippen molar-refractivity contribution in [3.63, 3.8) is 0 Å². The number of nitrogens with one attached hydrogen (secondary N) is 4. The van der Waals surface area contributed by atoms with E-state index in [0.29, 0.717) is 34.7 Å². The molecule has 0 aromatic heterocycles. The topological polar surface area (TPSA) is 109 Å². The molecule has 0 radical (unpaired) electrons. The number of carbonyl (C=O) groups is 3. The van der Waals surface area contributed by atoms with Crippen LogP contribution >= 0.6 is 12.2 Å². The second-order valence-electron chi connectivity index (χ2n) is 9.57. The van der Waals surface area contributed by atoms with E-state index in [1.54, 1.807) is 60.7 Å². The number of benzene rings is 3. The monoisotopic (exact) mass is 532 g/mol. The van der Waals surface area contributed by atoms with Crippen molar-refractivity contribution in [1.29, 1.82) is 0 Å². The van der Waals surface area contributed by atoms with Crippen molar-refractivity contribution in [3.8, 4) is 5.75 Å². The Morgan fingerprint density at radius 3 is 2.03 bits per heavy atom. The van der Waals surface area contributed by atoms with E-state index in [-0.39, 0.29) is 16.4 Å². The van der Waals surface area contributed by atoms with Crippen molar-refractivity contribution in [2.24, 2.45) is 0 Å². The molecular weight excluding hydrogens is 500 g/mol. The minimum Gasteiger partial charge on any atom is -0.493 e. The molecule has 0 heterocycles. The molecule has 0 bridgehead atoms. The maximum Gasteiger partial charge on any atom is 0.269 e. The first-order valence-electron chi connectivity index (χ1n) is 12.2. The van der Waals surface area contributed by atoms with Crippen molar-refractivity contribution in [2.45, 2.75) is 39.5 Å². The van der Waals surface area contributed by atoms with Gasteiger partial charge in [-0.2, -0.15) is 0 Å².